The average Bonchev–Trinajstić information content (AvgIpc) is 2.39. The molecule has 0 radical (unpaired) electrons. The first kappa shape index (κ1) is 17.0. The molecule has 0 aromatic carbocycles. The van der Waals surface area contributed by atoms with E-state index in [9.17, 15) is 13.2 Å². The lowest BCUT2D eigenvalue weighted by molar-refractivity contribution is -0.141. The van der Waals surface area contributed by atoms with Crippen molar-refractivity contribution in [3.05, 3.63) is 35.4 Å². The number of hydrogen-bond donors (Lipinski definition) is 1. The summed E-state index contributed by atoms with van der Waals surface area (Å²) in [5.41, 5.74) is -1.10. The fourth-order valence-electron chi connectivity index (χ4n) is 1.47. The number of aromatic nitrogens is 4. The van der Waals surface area contributed by atoms with Crippen LogP contribution in [0.4, 0.5) is 25.1 Å². The third-order valence-corrected chi connectivity index (χ3v) is 2.99. The van der Waals surface area contributed by atoms with E-state index in [1.54, 1.807) is 0 Å². The lowest BCUT2D eigenvalue weighted by Gasteiger charge is -2.12. The second-order valence-corrected chi connectivity index (χ2v) is 6.39. The van der Waals surface area contributed by atoms with Crippen LogP contribution in [0.25, 0.3) is 0 Å². The van der Waals surface area contributed by atoms with Crippen molar-refractivity contribution in [2.75, 3.05) is 5.32 Å². The molecule has 0 spiro atoms. The minimum absolute atomic E-state index is 0.0538. The molecule has 2 heterocycles. The van der Waals surface area contributed by atoms with Crippen molar-refractivity contribution in [1.29, 1.82) is 0 Å². The molecule has 0 bridgehead atoms. The SMILES string of the molecule is Cc1cnc(Nc2nccc(C(Cl)(Cl)Cl)n2)nc1C(F)(F)F. The third-order valence-electron chi connectivity index (χ3n) is 2.41. The molecule has 2 rings (SSSR count). The van der Waals surface area contributed by atoms with Crippen molar-refractivity contribution < 1.29 is 13.2 Å². The molecule has 0 saturated heterocycles. The van der Waals surface area contributed by atoms with Gasteiger partial charge in [-0.15, -0.1) is 0 Å². The first-order valence-corrected chi connectivity index (χ1v) is 6.79. The summed E-state index contributed by atoms with van der Waals surface area (Å²) in [5.74, 6) is -0.416. The van der Waals surface area contributed by atoms with E-state index in [0.29, 0.717) is 0 Å². The highest BCUT2D eigenvalue weighted by Crippen LogP contribution is 2.37. The molecule has 0 saturated carbocycles. The standard InChI is InChI=1S/C11H7Cl3F3N5/c1-5-4-19-9(21-7(5)11(15,16)17)22-8-18-3-2-6(20-8)10(12,13)14/h2-4H,1H3,(H,18,19,20,21,22). The number of rotatable bonds is 2. The molecule has 22 heavy (non-hydrogen) atoms. The second-order valence-electron chi connectivity index (χ2n) is 4.11. The summed E-state index contributed by atoms with van der Waals surface area (Å²) >= 11 is 17.0. The van der Waals surface area contributed by atoms with Crippen LogP contribution in [0.2, 0.25) is 0 Å². The fraction of sp³-hybridized carbons (Fsp3) is 0.273. The van der Waals surface area contributed by atoms with Gasteiger partial charge in [-0.1, -0.05) is 34.8 Å². The molecule has 118 valence electrons. The van der Waals surface area contributed by atoms with Crippen molar-refractivity contribution in [1.82, 2.24) is 19.9 Å². The lowest BCUT2D eigenvalue weighted by atomic mass is 10.2. The van der Waals surface area contributed by atoms with Gasteiger partial charge in [0.15, 0.2) is 5.69 Å². The van der Waals surface area contributed by atoms with Gasteiger partial charge in [-0.2, -0.15) is 13.2 Å². The van der Waals surface area contributed by atoms with Crippen molar-refractivity contribution in [2.24, 2.45) is 0 Å². The first-order valence-electron chi connectivity index (χ1n) is 5.65. The summed E-state index contributed by atoms with van der Waals surface area (Å²) in [6.07, 6.45) is -2.27. The summed E-state index contributed by atoms with van der Waals surface area (Å²) in [6, 6.07) is 1.36. The zero-order valence-corrected chi connectivity index (χ0v) is 13.1. The number of aryl methyl sites for hydroxylation is 1. The van der Waals surface area contributed by atoms with Crippen LogP contribution in [-0.2, 0) is 9.97 Å². The van der Waals surface area contributed by atoms with Crippen LogP contribution >= 0.6 is 34.8 Å². The Bertz CT molecular complexity index is 687. The van der Waals surface area contributed by atoms with Crippen molar-refractivity contribution in [3.63, 3.8) is 0 Å². The number of alkyl halides is 6. The molecule has 0 unspecified atom stereocenters. The van der Waals surface area contributed by atoms with Gasteiger partial charge in [0.05, 0.1) is 5.69 Å². The van der Waals surface area contributed by atoms with Gasteiger partial charge in [-0.05, 0) is 18.6 Å². The van der Waals surface area contributed by atoms with Crippen LogP contribution in [-0.4, -0.2) is 19.9 Å². The molecule has 0 aliphatic rings. The molecule has 2 aromatic rings. The fourth-order valence-corrected chi connectivity index (χ4v) is 1.78. The van der Waals surface area contributed by atoms with Crippen LogP contribution in [0.15, 0.2) is 18.5 Å². The molecule has 0 aliphatic heterocycles. The van der Waals surface area contributed by atoms with Crippen LogP contribution in [0.3, 0.4) is 0 Å². The van der Waals surface area contributed by atoms with E-state index >= 15 is 0 Å². The van der Waals surface area contributed by atoms with Gasteiger partial charge in [-0.25, -0.2) is 19.9 Å². The minimum Gasteiger partial charge on any atom is -0.293 e. The van der Waals surface area contributed by atoms with Crippen LogP contribution < -0.4 is 5.32 Å². The van der Waals surface area contributed by atoms with E-state index in [0.717, 1.165) is 6.20 Å². The Morgan fingerprint density at radius 3 is 2.27 bits per heavy atom. The summed E-state index contributed by atoms with van der Waals surface area (Å²) in [7, 11) is 0. The highest BCUT2D eigenvalue weighted by molar-refractivity contribution is 6.66. The Morgan fingerprint density at radius 2 is 1.68 bits per heavy atom. The summed E-state index contributed by atoms with van der Waals surface area (Å²) in [4.78, 5) is 14.8. The summed E-state index contributed by atoms with van der Waals surface area (Å²) < 4.78 is 36.6. The van der Waals surface area contributed by atoms with Crippen LogP contribution in [0, 0.1) is 6.92 Å². The number of nitrogens with zero attached hydrogens (tertiary/aromatic N) is 4. The van der Waals surface area contributed by atoms with E-state index in [1.807, 2.05) is 0 Å². The van der Waals surface area contributed by atoms with E-state index in [-0.39, 0.29) is 23.2 Å². The first-order chi connectivity index (χ1) is 10.1. The number of anilines is 2. The summed E-state index contributed by atoms with van der Waals surface area (Å²) in [6.45, 7) is 1.26. The maximum Gasteiger partial charge on any atom is 0.433 e. The van der Waals surface area contributed by atoms with Gasteiger partial charge in [0.25, 0.3) is 0 Å². The van der Waals surface area contributed by atoms with E-state index < -0.39 is 15.7 Å². The predicted octanol–water partition coefficient (Wildman–Crippen LogP) is 4.16. The van der Waals surface area contributed by atoms with Gasteiger partial charge in [0.1, 0.15) is 0 Å². The van der Waals surface area contributed by atoms with Crippen molar-refractivity contribution in [2.45, 2.75) is 16.9 Å². The van der Waals surface area contributed by atoms with Crippen LogP contribution in [0.1, 0.15) is 17.0 Å². The van der Waals surface area contributed by atoms with Crippen LogP contribution in [0.5, 0.6) is 0 Å². The number of hydrogen-bond acceptors (Lipinski definition) is 5. The normalized spacial score (nSPS) is 12.3. The van der Waals surface area contributed by atoms with E-state index in [4.69, 9.17) is 34.8 Å². The Hall–Kier alpha value is -1.38. The third kappa shape index (κ3) is 4.08. The Labute approximate surface area is 137 Å². The van der Waals surface area contributed by atoms with Gasteiger partial charge in [0, 0.05) is 12.4 Å². The van der Waals surface area contributed by atoms with Gasteiger partial charge < -0.3 is 0 Å². The largest absolute Gasteiger partial charge is 0.433 e. The summed E-state index contributed by atoms with van der Waals surface area (Å²) in [5, 5.41) is 2.44. The molecule has 2 aromatic heterocycles. The molecule has 0 aliphatic carbocycles. The van der Waals surface area contributed by atoms with Gasteiger partial charge in [0.2, 0.25) is 15.7 Å². The molecule has 0 atom stereocenters. The maximum atomic E-state index is 12.8. The monoisotopic (exact) mass is 371 g/mol. The molecule has 0 amide bonds. The zero-order valence-electron chi connectivity index (χ0n) is 10.8. The van der Waals surface area contributed by atoms with Crippen molar-refractivity contribution in [3.8, 4) is 0 Å². The molecule has 5 nitrogen and oxygen atoms in total. The average molecular weight is 373 g/mol. The highest BCUT2D eigenvalue weighted by Gasteiger charge is 2.35. The van der Waals surface area contributed by atoms with Gasteiger partial charge >= 0.3 is 6.18 Å². The smallest absolute Gasteiger partial charge is 0.293 e. The lowest BCUT2D eigenvalue weighted by Crippen LogP contribution is -2.14. The Balaban J connectivity index is 2.32. The Morgan fingerprint density at radius 1 is 1.05 bits per heavy atom. The highest BCUT2D eigenvalue weighted by atomic mass is 35.6. The number of halogens is 6. The van der Waals surface area contributed by atoms with E-state index in [1.165, 1.54) is 19.2 Å². The Kier molecular flexibility index (Phi) is 4.65. The van der Waals surface area contributed by atoms with Gasteiger partial charge in [-0.3, -0.25) is 5.32 Å². The van der Waals surface area contributed by atoms with E-state index in [2.05, 4.69) is 25.3 Å². The predicted molar refractivity (Wildman–Crippen MR) is 76.3 cm³/mol. The second kappa shape index (κ2) is 6.02. The molecule has 1 N–H and O–H groups in total. The van der Waals surface area contributed by atoms with Crippen molar-refractivity contribution >= 4 is 46.7 Å². The maximum absolute atomic E-state index is 12.8. The topological polar surface area (TPSA) is 63.6 Å². The quantitative estimate of drug-likeness (QED) is 0.802. The zero-order chi connectivity index (χ0) is 16.5. The molecule has 11 heteroatoms. The molecule has 0 fully saturated rings. The minimum atomic E-state index is -4.59. The molecular formula is C11H7Cl3F3N5. The molecular weight excluding hydrogens is 366 g/mol. The number of nitrogens with one attached hydrogen (secondary N) is 1.